The van der Waals surface area contributed by atoms with Gasteiger partial charge in [0.25, 0.3) is 10.1 Å². The zero-order valence-electron chi connectivity index (χ0n) is 16.9. The lowest BCUT2D eigenvalue weighted by atomic mass is 9.93. The molecule has 0 spiro atoms. The van der Waals surface area contributed by atoms with Crippen molar-refractivity contribution in [3.63, 3.8) is 0 Å². The molecule has 2 N–H and O–H groups in total. The largest absolute Gasteiger partial charge is 0.378 e. The summed E-state index contributed by atoms with van der Waals surface area (Å²) in [6.07, 6.45) is 5.10. The lowest BCUT2D eigenvalue weighted by Gasteiger charge is -2.29. The van der Waals surface area contributed by atoms with E-state index in [0.29, 0.717) is 30.9 Å². The first-order valence-corrected chi connectivity index (χ1v) is 11.5. The Kier molecular flexibility index (Phi) is 5.38. The summed E-state index contributed by atoms with van der Waals surface area (Å²) in [6, 6.07) is 0.320. The summed E-state index contributed by atoms with van der Waals surface area (Å²) in [5.41, 5.74) is 1.58. The van der Waals surface area contributed by atoms with Gasteiger partial charge in [-0.15, -0.1) is 0 Å². The van der Waals surface area contributed by atoms with Gasteiger partial charge >= 0.3 is 0 Å². The van der Waals surface area contributed by atoms with Gasteiger partial charge in [-0.25, -0.2) is 15.0 Å². The second-order valence-corrected chi connectivity index (χ2v) is 9.86. The predicted molar refractivity (Wildman–Crippen MR) is 110 cm³/mol. The van der Waals surface area contributed by atoms with E-state index in [1.807, 2.05) is 30.6 Å². The van der Waals surface area contributed by atoms with Crippen molar-refractivity contribution < 1.29 is 17.7 Å². The van der Waals surface area contributed by atoms with Crippen molar-refractivity contribution in [2.45, 2.75) is 37.8 Å². The minimum atomic E-state index is -3.91. The van der Waals surface area contributed by atoms with Gasteiger partial charge in [0.15, 0.2) is 17.0 Å². The van der Waals surface area contributed by atoms with Gasteiger partial charge in [0.2, 0.25) is 5.95 Å². The number of aryl methyl sites for hydroxylation is 1. The van der Waals surface area contributed by atoms with Gasteiger partial charge in [-0.2, -0.15) is 8.42 Å². The average molecular weight is 425 g/mol. The van der Waals surface area contributed by atoms with Crippen molar-refractivity contribution in [3.8, 4) is 0 Å². The first kappa shape index (κ1) is 20.3. The van der Waals surface area contributed by atoms with Crippen LogP contribution in [0, 0.1) is 11.8 Å². The van der Waals surface area contributed by atoms with Crippen LogP contribution in [0.1, 0.15) is 25.7 Å². The lowest BCUT2D eigenvalue weighted by molar-refractivity contribution is 0.0154. The van der Waals surface area contributed by atoms with E-state index in [4.69, 9.17) is 14.3 Å². The number of aromatic nitrogens is 4. The molecule has 2 aliphatic rings. The lowest BCUT2D eigenvalue weighted by Crippen LogP contribution is -2.33. The summed E-state index contributed by atoms with van der Waals surface area (Å²) in [4.78, 5) is 15.5. The number of nitrogens with one attached hydrogen (secondary N) is 1. The number of fused-ring (bicyclic) bond motifs is 3. The summed E-state index contributed by atoms with van der Waals surface area (Å²) < 4.78 is 38.2. The maximum absolute atomic E-state index is 10.8. The SMILES string of the molecule is CN(C)c1nc2c(N[C@H]3C[C@@H]4C[C@H]3C[C@@H]4OCCCS(=O)(=O)O)ncnc2n1C. The van der Waals surface area contributed by atoms with Gasteiger partial charge in [0.1, 0.15) is 6.33 Å². The van der Waals surface area contributed by atoms with E-state index in [1.165, 1.54) is 0 Å². The van der Waals surface area contributed by atoms with E-state index in [-0.39, 0.29) is 11.9 Å². The molecule has 10 nitrogen and oxygen atoms in total. The van der Waals surface area contributed by atoms with Crippen LogP contribution in [0.25, 0.3) is 11.2 Å². The van der Waals surface area contributed by atoms with Gasteiger partial charge in [0, 0.05) is 33.8 Å². The summed E-state index contributed by atoms with van der Waals surface area (Å²) in [5, 5.41) is 3.59. The van der Waals surface area contributed by atoms with Gasteiger partial charge in [-0.05, 0) is 37.5 Å². The van der Waals surface area contributed by atoms with E-state index in [0.717, 1.165) is 42.2 Å². The molecule has 2 fully saturated rings. The van der Waals surface area contributed by atoms with Crippen LogP contribution in [0.2, 0.25) is 0 Å². The fourth-order valence-corrected chi connectivity index (χ4v) is 5.23. The Labute approximate surface area is 170 Å². The van der Waals surface area contributed by atoms with Gasteiger partial charge in [-0.1, -0.05) is 0 Å². The molecule has 2 aromatic heterocycles. The smallest absolute Gasteiger partial charge is 0.264 e. The maximum Gasteiger partial charge on any atom is 0.264 e. The highest BCUT2D eigenvalue weighted by Gasteiger charge is 2.46. The number of nitrogens with zero attached hydrogens (tertiary/aromatic N) is 5. The third-order valence-corrected chi connectivity index (χ3v) is 6.83. The fourth-order valence-electron chi connectivity index (χ4n) is 4.75. The molecular formula is C18H28N6O4S. The molecule has 4 atom stereocenters. The van der Waals surface area contributed by atoms with Gasteiger partial charge < -0.3 is 15.0 Å². The van der Waals surface area contributed by atoms with E-state index < -0.39 is 10.1 Å². The Balaban J connectivity index is 1.38. The van der Waals surface area contributed by atoms with Crippen LogP contribution in [0.5, 0.6) is 0 Å². The summed E-state index contributed by atoms with van der Waals surface area (Å²) in [6.45, 7) is 0.361. The van der Waals surface area contributed by atoms with Gasteiger partial charge in [0.05, 0.1) is 11.9 Å². The van der Waals surface area contributed by atoms with Crippen molar-refractivity contribution >= 4 is 33.0 Å². The second-order valence-electron chi connectivity index (χ2n) is 8.29. The van der Waals surface area contributed by atoms with Crippen molar-refractivity contribution in [1.29, 1.82) is 0 Å². The van der Waals surface area contributed by atoms with Crippen LogP contribution in [-0.2, 0) is 21.9 Å². The molecule has 0 aromatic carbocycles. The van der Waals surface area contributed by atoms with Crippen LogP contribution in [-0.4, -0.2) is 71.1 Å². The van der Waals surface area contributed by atoms with Crippen LogP contribution >= 0.6 is 0 Å². The molecular weight excluding hydrogens is 396 g/mol. The van der Waals surface area contributed by atoms with Gasteiger partial charge in [-0.3, -0.25) is 9.12 Å². The minimum Gasteiger partial charge on any atom is -0.378 e. The Morgan fingerprint density at radius 2 is 2.07 bits per heavy atom. The number of rotatable bonds is 8. The van der Waals surface area contributed by atoms with Crippen LogP contribution in [0.3, 0.4) is 0 Å². The molecule has 2 saturated carbocycles. The highest BCUT2D eigenvalue weighted by atomic mass is 32.2. The van der Waals surface area contributed by atoms with E-state index in [2.05, 4.69) is 15.3 Å². The van der Waals surface area contributed by atoms with E-state index in [9.17, 15) is 8.42 Å². The summed E-state index contributed by atoms with van der Waals surface area (Å²) in [5.74, 6) is 2.30. The van der Waals surface area contributed by atoms with Crippen molar-refractivity contribution in [3.05, 3.63) is 6.33 Å². The number of anilines is 2. The standard InChI is InChI=1S/C18H28N6O4S/c1-23(2)18-22-15-16(19-10-20-17(15)24(18)3)21-13-8-12-7-11(13)9-14(12)28-5-4-6-29(25,26)27/h10-14H,4-9H2,1-3H3,(H,19,20,21)(H,25,26,27)/t11-,12-,13-,14-/m0/s1. The molecule has 2 bridgehead atoms. The molecule has 0 radical (unpaired) electrons. The van der Waals surface area contributed by atoms with Crippen molar-refractivity contribution in [2.24, 2.45) is 18.9 Å². The maximum atomic E-state index is 10.8. The molecule has 2 aliphatic carbocycles. The molecule has 0 amide bonds. The quantitative estimate of drug-likeness (QED) is 0.477. The molecule has 11 heteroatoms. The average Bonchev–Trinajstić information content (AvgIpc) is 3.31. The molecule has 0 aliphatic heterocycles. The zero-order valence-corrected chi connectivity index (χ0v) is 17.8. The highest BCUT2D eigenvalue weighted by Crippen LogP contribution is 2.47. The topological polar surface area (TPSA) is 122 Å². The Hall–Kier alpha value is -1.98. The van der Waals surface area contributed by atoms with Crippen LogP contribution in [0.15, 0.2) is 6.33 Å². The Bertz CT molecular complexity index is 992. The third kappa shape index (κ3) is 4.17. The number of hydrogen-bond donors (Lipinski definition) is 2. The third-order valence-electron chi connectivity index (χ3n) is 6.03. The fraction of sp³-hybridized carbons (Fsp3) is 0.722. The van der Waals surface area contributed by atoms with E-state index >= 15 is 0 Å². The molecule has 29 heavy (non-hydrogen) atoms. The summed E-state index contributed by atoms with van der Waals surface area (Å²) in [7, 11) is 1.94. The molecule has 4 rings (SSSR count). The molecule has 160 valence electrons. The number of hydrogen-bond acceptors (Lipinski definition) is 8. The zero-order chi connectivity index (χ0) is 20.8. The molecule has 0 saturated heterocycles. The monoisotopic (exact) mass is 424 g/mol. The second kappa shape index (κ2) is 7.69. The Morgan fingerprint density at radius 1 is 1.28 bits per heavy atom. The molecule has 2 aromatic rings. The number of imidazole rings is 1. The normalized spacial score (nSPS) is 26.3. The van der Waals surface area contributed by atoms with E-state index in [1.54, 1.807) is 6.33 Å². The first-order valence-electron chi connectivity index (χ1n) is 9.91. The predicted octanol–water partition coefficient (Wildman–Crippen LogP) is 1.30. The molecule has 2 heterocycles. The van der Waals surface area contributed by atoms with Crippen molar-refractivity contribution in [1.82, 2.24) is 19.5 Å². The Morgan fingerprint density at radius 3 is 2.72 bits per heavy atom. The minimum absolute atomic E-state index is 0.167. The number of ether oxygens (including phenoxy) is 1. The van der Waals surface area contributed by atoms with Crippen molar-refractivity contribution in [2.75, 3.05) is 36.7 Å². The summed E-state index contributed by atoms with van der Waals surface area (Å²) >= 11 is 0. The first-order chi connectivity index (χ1) is 13.7. The van der Waals surface area contributed by atoms with Crippen LogP contribution < -0.4 is 10.2 Å². The van der Waals surface area contributed by atoms with Crippen LogP contribution in [0.4, 0.5) is 11.8 Å². The highest BCUT2D eigenvalue weighted by molar-refractivity contribution is 7.85. The molecule has 0 unspecified atom stereocenters.